The number of nitrogens with one attached hydrogen (secondary N) is 2. The summed E-state index contributed by atoms with van der Waals surface area (Å²) in [6.07, 6.45) is 0.854. The molecule has 0 aliphatic heterocycles. The van der Waals surface area contributed by atoms with Crippen LogP contribution in [0.3, 0.4) is 0 Å². The second-order valence-electron chi connectivity index (χ2n) is 6.56. The van der Waals surface area contributed by atoms with E-state index in [1.807, 2.05) is 43.3 Å². The van der Waals surface area contributed by atoms with E-state index < -0.39 is 5.91 Å². The van der Waals surface area contributed by atoms with Gasteiger partial charge in [-0.05, 0) is 49.2 Å². The fourth-order valence-electron chi connectivity index (χ4n) is 2.87. The molecule has 0 atom stereocenters. The predicted octanol–water partition coefficient (Wildman–Crippen LogP) is 3.70. The van der Waals surface area contributed by atoms with Gasteiger partial charge in [0.1, 0.15) is 5.82 Å². The van der Waals surface area contributed by atoms with E-state index in [0.717, 1.165) is 35.5 Å². The number of primary amides is 1. The summed E-state index contributed by atoms with van der Waals surface area (Å²) in [6.45, 7) is 3.41. The van der Waals surface area contributed by atoms with Crippen molar-refractivity contribution in [3.8, 4) is 11.3 Å². The van der Waals surface area contributed by atoms with E-state index in [-0.39, 0.29) is 5.95 Å². The Labute approximate surface area is 174 Å². The Morgan fingerprint density at radius 3 is 2.52 bits per heavy atom. The Balaban J connectivity index is 1.55. The SMILES string of the molecule is Cc1c(Cl)cccc1-c1cc(NCCCNc2ccc(C(N)=O)cc2)nc(N)n1. The van der Waals surface area contributed by atoms with Gasteiger partial charge in [0.15, 0.2) is 0 Å². The van der Waals surface area contributed by atoms with Gasteiger partial charge in [-0.25, -0.2) is 4.98 Å². The Kier molecular flexibility index (Phi) is 6.51. The van der Waals surface area contributed by atoms with Crippen LogP contribution in [-0.4, -0.2) is 29.0 Å². The second-order valence-corrected chi connectivity index (χ2v) is 6.96. The Morgan fingerprint density at radius 1 is 1.07 bits per heavy atom. The molecule has 3 rings (SSSR count). The topological polar surface area (TPSA) is 119 Å². The van der Waals surface area contributed by atoms with Crippen LogP contribution in [0.5, 0.6) is 0 Å². The fourth-order valence-corrected chi connectivity index (χ4v) is 3.04. The van der Waals surface area contributed by atoms with E-state index >= 15 is 0 Å². The third kappa shape index (κ3) is 5.36. The lowest BCUT2D eigenvalue weighted by atomic mass is 10.1. The first-order chi connectivity index (χ1) is 13.9. The van der Waals surface area contributed by atoms with Gasteiger partial charge in [-0.1, -0.05) is 23.7 Å². The highest BCUT2D eigenvalue weighted by molar-refractivity contribution is 6.31. The first-order valence-electron chi connectivity index (χ1n) is 9.21. The van der Waals surface area contributed by atoms with Crippen molar-refractivity contribution < 1.29 is 4.79 Å². The molecule has 0 saturated carbocycles. The van der Waals surface area contributed by atoms with Gasteiger partial charge >= 0.3 is 0 Å². The van der Waals surface area contributed by atoms with Crippen molar-refractivity contribution in [2.45, 2.75) is 13.3 Å². The zero-order chi connectivity index (χ0) is 20.8. The van der Waals surface area contributed by atoms with Crippen molar-refractivity contribution >= 4 is 35.0 Å². The summed E-state index contributed by atoms with van der Waals surface area (Å²) in [5.41, 5.74) is 15.1. The largest absolute Gasteiger partial charge is 0.385 e. The molecule has 3 aromatic rings. The van der Waals surface area contributed by atoms with Crippen LogP contribution in [0.4, 0.5) is 17.5 Å². The highest BCUT2D eigenvalue weighted by atomic mass is 35.5. The summed E-state index contributed by atoms with van der Waals surface area (Å²) >= 11 is 6.22. The number of nitrogen functional groups attached to an aromatic ring is 1. The summed E-state index contributed by atoms with van der Waals surface area (Å²) in [7, 11) is 0. The zero-order valence-corrected chi connectivity index (χ0v) is 16.8. The molecule has 0 spiro atoms. The molecule has 0 aliphatic carbocycles. The van der Waals surface area contributed by atoms with E-state index in [1.54, 1.807) is 12.1 Å². The Hall–Kier alpha value is -3.32. The molecule has 1 heterocycles. The molecular formula is C21H23ClN6O. The van der Waals surface area contributed by atoms with E-state index in [4.69, 9.17) is 23.1 Å². The Bertz CT molecular complexity index is 1010. The number of hydrogen-bond acceptors (Lipinski definition) is 6. The van der Waals surface area contributed by atoms with Crippen molar-refractivity contribution in [1.29, 1.82) is 0 Å². The molecule has 0 fully saturated rings. The van der Waals surface area contributed by atoms with Gasteiger partial charge < -0.3 is 22.1 Å². The highest BCUT2D eigenvalue weighted by Gasteiger charge is 2.09. The van der Waals surface area contributed by atoms with Gasteiger partial charge in [-0.15, -0.1) is 0 Å². The standard InChI is InChI=1S/C21H23ClN6O/c1-13-16(4-2-5-17(13)22)18-12-19(28-21(24)27-18)26-11-3-10-25-15-8-6-14(7-9-15)20(23)29/h2,4-9,12,25H,3,10-11H2,1H3,(H2,23,29)(H3,24,26,27,28). The summed E-state index contributed by atoms with van der Waals surface area (Å²) in [5.74, 6) is 0.437. The minimum Gasteiger partial charge on any atom is -0.385 e. The predicted molar refractivity (Wildman–Crippen MR) is 118 cm³/mol. The molecule has 29 heavy (non-hydrogen) atoms. The van der Waals surface area contributed by atoms with E-state index in [1.165, 1.54) is 0 Å². The van der Waals surface area contributed by atoms with Crippen LogP contribution in [0.1, 0.15) is 22.3 Å². The monoisotopic (exact) mass is 410 g/mol. The smallest absolute Gasteiger partial charge is 0.248 e. The van der Waals surface area contributed by atoms with Crippen LogP contribution >= 0.6 is 11.6 Å². The van der Waals surface area contributed by atoms with E-state index in [9.17, 15) is 4.79 Å². The third-order valence-corrected chi connectivity index (χ3v) is 4.85. The van der Waals surface area contributed by atoms with Crippen molar-refractivity contribution in [3.63, 3.8) is 0 Å². The fraction of sp³-hybridized carbons (Fsp3) is 0.190. The molecule has 0 aliphatic rings. The van der Waals surface area contributed by atoms with Crippen LogP contribution < -0.4 is 22.1 Å². The number of carbonyl (C=O) groups excluding carboxylic acids is 1. The maximum Gasteiger partial charge on any atom is 0.248 e. The van der Waals surface area contributed by atoms with Gasteiger partial charge in [0.05, 0.1) is 5.69 Å². The van der Waals surface area contributed by atoms with Gasteiger partial charge in [-0.2, -0.15) is 4.98 Å². The molecule has 1 aromatic heterocycles. The minimum atomic E-state index is -0.433. The van der Waals surface area contributed by atoms with Crippen LogP contribution in [0.15, 0.2) is 48.5 Å². The van der Waals surface area contributed by atoms with Crippen LogP contribution in [-0.2, 0) is 0 Å². The number of carbonyl (C=O) groups is 1. The maximum atomic E-state index is 11.1. The molecule has 0 radical (unpaired) electrons. The van der Waals surface area contributed by atoms with E-state index in [2.05, 4.69) is 20.6 Å². The summed E-state index contributed by atoms with van der Waals surface area (Å²) in [5, 5.41) is 7.25. The second kappa shape index (κ2) is 9.25. The van der Waals surface area contributed by atoms with Crippen LogP contribution in [0, 0.1) is 6.92 Å². The highest BCUT2D eigenvalue weighted by Crippen LogP contribution is 2.28. The number of amides is 1. The number of nitrogens with two attached hydrogens (primary N) is 2. The summed E-state index contributed by atoms with van der Waals surface area (Å²) in [6, 6.07) is 14.6. The third-order valence-electron chi connectivity index (χ3n) is 4.45. The summed E-state index contributed by atoms with van der Waals surface area (Å²) in [4.78, 5) is 19.7. The number of benzene rings is 2. The average molecular weight is 411 g/mol. The molecule has 2 aromatic carbocycles. The molecule has 7 nitrogen and oxygen atoms in total. The number of anilines is 3. The van der Waals surface area contributed by atoms with Crippen molar-refractivity contribution in [3.05, 3.63) is 64.7 Å². The number of aromatic nitrogens is 2. The zero-order valence-electron chi connectivity index (χ0n) is 16.1. The first kappa shape index (κ1) is 20.4. The molecular weight excluding hydrogens is 388 g/mol. The molecule has 6 N–H and O–H groups in total. The molecule has 1 amide bonds. The minimum absolute atomic E-state index is 0.206. The van der Waals surface area contributed by atoms with Gasteiger partial charge in [0.25, 0.3) is 0 Å². The number of nitrogens with zero attached hydrogens (tertiary/aromatic N) is 2. The van der Waals surface area contributed by atoms with Crippen molar-refractivity contribution in [1.82, 2.24) is 9.97 Å². The summed E-state index contributed by atoms with van der Waals surface area (Å²) < 4.78 is 0. The molecule has 0 bridgehead atoms. The maximum absolute atomic E-state index is 11.1. The quantitative estimate of drug-likeness (QED) is 0.420. The lowest BCUT2D eigenvalue weighted by molar-refractivity contribution is 0.100. The van der Waals surface area contributed by atoms with E-state index in [0.29, 0.717) is 22.9 Å². The molecule has 150 valence electrons. The van der Waals surface area contributed by atoms with Crippen molar-refractivity contribution in [2.75, 3.05) is 29.5 Å². The normalized spacial score (nSPS) is 10.6. The number of hydrogen-bond donors (Lipinski definition) is 4. The molecule has 8 heteroatoms. The molecule has 0 unspecified atom stereocenters. The lowest BCUT2D eigenvalue weighted by Crippen LogP contribution is -2.12. The number of halogens is 1. The Morgan fingerprint density at radius 2 is 1.79 bits per heavy atom. The van der Waals surface area contributed by atoms with Crippen LogP contribution in [0.25, 0.3) is 11.3 Å². The first-order valence-corrected chi connectivity index (χ1v) is 9.59. The number of rotatable bonds is 8. The van der Waals surface area contributed by atoms with Crippen molar-refractivity contribution in [2.24, 2.45) is 5.73 Å². The average Bonchev–Trinajstić information content (AvgIpc) is 2.69. The van der Waals surface area contributed by atoms with Gasteiger partial charge in [-0.3, -0.25) is 4.79 Å². The van der Waals surface area contributed by atoms with Gasteiger partial charge in [0, 0.05) is 41.0 Å². The molecule has 0 saturated heterocycles. The lowest BCUT2D eigenvalue weighted by Gasteiger charge is -2.11. The van der Waals surface area contributed by atoms with Gasteiger partial charge in [0.2, 0.25) is 11.9 Å². The van der Waals surface area contributed by atoms with Crippen LogP contribution in [0.2, 0.25) is 5.02 Å².